The normalized spacial score (nSPS) is 13.5. The molecule has 4 aromatic carbocycles. The van der Waals surface area contributed by atoms with Crippen LogP contribution in [0, 0.1) is 0 Å². The van der Waals surface area contributed by atoms with Gasteiger partial charge in [-0.05, 0) is 51.1 Å². The highest BCUT2D eigenvalue weighted by atomic mass is 31.1. The third-order valence-corrected chi connectivity index (χ3v) is 7.86. The Hall–Kier alpha value is -3.16. The quantitative estimate of drug-likeness (QED) is 0.300. The van der Waals surface area contributed by atoms with E-state index in [1.165, 1.54) is 32.7 Å². The van der Waals surface area contributed by atoms with Gasteiger partial charge in [0.2, 0.25) is 0 Å². The van der Waals surface area contributed by atoms with Gasteiger partial charge in [0.1, 0.15) is 0 Å². The lowest BCUT2D eigenvalue weighted by molar-refractivity contribution is 0.560. The van der Waals surface area contributed by atoms with Crippen molar-refractivity contribution in [2.24, 2.45) is 0 Å². The van der Waals surface area contributed by atoms with Crippen molar-refractivity contribution >= 4 is 29.3 Å². The molecule has 1 heterocycles. The van der Waals surface area contributed by atoms with E-state index >= 15 is 0 Å². The summed E-state index contributed by atoms with van der Waals surface area (Å²) in [6.45, 7) is 4.26. The number of hydrogen-bond donors (Lipinski definition) is 0. The molecule has 5 rings (SSSR count). The average molecular weight is 411 g/mol. The monoisotopic (exact) mass is 411 g/mol. The van der Waals surface area contributed by atoms with Crippen LogP contribution in [0.15, 0.2) is 97.3 Å². The summed E-state index contributed by atoms with van der Waals surface area (Å²) in [5.74, 6) is 0. The number of aromatic nitrogens is 2. The van der Waals surface area contributed by atoms with Crippen LogP contribution in [-0.4, -0.2) is 8.66 Å². The zero-order valence-corrected chi connectivity index (χ0v) is 18.0. The Balaban J connectivity index is 1.57. The fourth-order valence-electron chi connectivity index (χ4n) is 4.44. The molecule has 0 aliphatic heterocycles. The van der Waals surface area contributed by atoms with E-state index in [4.69, 9.17) is 0 Å². The summed E-state index contributed by atoms with van der Waals surface area (Å²) in [4.78, 5) is 0. The molecular formula is C26H24N2OP+. The van der Waals surface area contributed by atoms with Crippen molar-refractivity contribution in [1.82, 2.24) is 8.66 Å². The van der Waals surface area contributed by atoms with Crippen molar-refractivity contribution in [3.8, 4) is 0 Å². The highest BCUT2D eigenvalue weighted by molar-refractivity contribution is 7.28. The second-order valence-electron chi connectivity index (χ2n) is 7.80. The minimum atomic E-state index is -1.72. The summed E-state index contributed by atoms with van der Waals surface area (Å²) in [5, 5.41) is 4.84. The molecule has 0 fully saturated rings. The molecule has 0 saturated carbocycles. The predicted octanol–water partition coefficient (Wildman–Crippen LogP) is 7.56. The first-order chi connectivity index (χ1) is 14.6. The van der Waals surface area contributed by atoms with Crippen molar-refractivity contribution in [1.29, 1.82) is 0 Å². The van der Waals surface area contributed by atoms with Crippen molar-refractivity contribution < 1.29 is 4.57 Å². The standard InChI is InChI=1S/C26H24N2OP/c1-19(23-15-7-11-21-9-3-5-13-25(21)23)27-17-18-28(30(27)29)20(2)24-16-8-12-22-10-4-6-14-26(22)24/h3-20H,1-2H3/q+1/t19-,20-/m1/s1. The van der Waals surface area contributed by atoms with E-state index < -0.39 is 7.73 Å². The van der Waals surface area contributed by atoms with Crippen molar-refractivity contribution in [3.63, 3.8) is 0 Å². The van der Waals surface area contributed by atoms with Crippen molar-refractivity contribution in [2.45, 2.75) is 25.9 Å². The van der Waals surface area contributed by atoms with Crippen LogP contribution in [0.5, 0.6) is 0 Å². The van der Waals surface area contributed by atoms with Gasteiger partial charge >= 0.3 is 7.73 Å². The number of hydrogen-bond acceptors (Lipinski definition) is 1. The Labute approximate surface area is 177 Å². The number of rotatable bonds is 4. The van der Waals surface area contributed by atoms with Crippen LogP contribution in [0.25, 0.3) is 21.5 Å². The molecule has 30 heavy (non-hydrogen) atoms. The van der Waals surface area contributed by atoms with E-state index in [9.17, 15) is 4.57 Å². The topological polar surface area (TPSA) is 26.9 Å². The van der Waals surface area contributed by atoms with Gasteiger partial charge in [0.15, 0.2) is 0 Å². The SMILES string of the molecule is C[C@H](c1cccc2ccccc12)n1ccn([C@H](C)c2cccc3ccccc23)[p+]1=O. The molecule has 2 atom stereocenters. The molecule has 0 unspecified atom stereocenters. The Bertz CT molecular complexity index is 1300. The van der Waals surface area contributed by atoms with Gasteiger partial charge < -0.3 is 0 Å². The van der Waals surface area contributed by atoms with E-state index in [1.54, 1.807) is 0 Å². The summed E-state index contributed by atoms with van der Waals surface area (Å²) in [5.41, 5.74) is 2.39. The second-order valence-corrected chi connectivity index (χ2v) is 9.23. The Morgan fingerprint density at radius 1 is 0.600 bits per heavy atom. The third kappa shape index (κ3) is 3.07. The zero-order chi connectivity index (χ0) is 20.7. The van der Waals surface area contributed by atoms with Gasteiger partial charge in [-0.3, -0.25) is 0 Å². The van der Waals surface area contributed by atoms with Gasteiger partial charge in [0, 0.05) is 0 Å². The molecule has 148 valence electrons. The number of benzene rings is 4. The minimum Gasteiger partial charge on any atom is -0.143 e. The lowest BCUT2D eigenvalue weighted by Gasteiger charge is -2.13. The van der Waals surface area contributed by atoms with E-state index in [0.717, 1.165) is 0 Å². The van der Waals surface area contributed by atoms with Crippen LogP contribution in [0.2, 0.25) is 0 Å². The predicted molar refractivity (Wildman–Crippen MR) is 126 cm³/mol. The third-order valence-electron chi connectivity index (χ3n) is 6.11. The minimum absolute atomic E-state index is 0.0145. The average Bonchev–Trinajstić information content (AvgIpc) is 3.18. The summed E-state index contributed by atoms with van der Waals surface area (Å²) in [7, 11) is -1.72. The van der Waals surface area contributed by atoms with E-state index in [1.807, 2.05) is 21.1 Å². The molecule has 1 aromatic heterocycles. The number of fused-ring (bicyclic) bond motifs is 2. The fourth-order valence-corrected chi connectivity index (χ4v) is 5.87. The van der Waals surface area contributed by atoms with Crippen LogP contribution in [0.3, 0.4) is 0 Å². The molecule has 0 aliphatic rings. The molecule has 4 heteroatoms. The zero-order valence-electron chi connectivity index (χ0n) is 17.1. The van der Waals surface area contributed by atoms with Crippen LogP contribution < -0.4 is 0 Å². The first kappa shape index (κ1) is 18.8. The maximum Gasteiger partial charge on any atom is 0.595 e. The van der Waals surface area contributed by atoms with Gasteiger partial charge in [-0.2, -0.15) is 0 Å². The molecule has 0 aliphatic carbocycles. The first-order valence-electron chi connectivity index (χ1n) is 10.3. The van der Waals surface area contributed by atoms with Gasteiger partial charge in [0.05, 0.1) is 24.5 Å². The molecule has 0 spiro atoms. The highest BCUT2D eigenvalue weighted by Crippen LogP contribution is 2.35. The highest BCUT2D eigenvalue weighted by Gasteiger charge is 2.27. The summed E-state index contributed by atoms with van der Waals surface area (Å²) in [6.07, 6.45) is 3.96. The lowest BCUT2D eigenvalue weighted by Crippen LogP contribution is -2.05. The molecule has 0 N–H and O–H groups in total. The van der Waals surface area contributed by atoms with E-state index in [2.05, 4.69) is 98.8 Å². The fraction of sp³-hybridized carbons (Fsp3) is 0.154. The Kier molecular flexibility index (Phi) is 4.77. The molecular weight excluding hydrogens is 387 g/mol. The largest absolute Gasteiger partial charge is 0.595 e. The van der Waals surface area contributed by atoms with Crippen LogP contribution in [0.4, 0.5) is 0 Å². The maximum atomic E-state index is 13.5. The molecule has 3 nitrogen and oxygen atoms in total. The second kappa shape index (κ2) is 7.59. The van der Waals surface area contributed by atoms with Crippen LogP contribution in [-0.2, 0) is 4.57 Å². The molecule has 0 amide bonds. The van der Waals surface area contributed by atoms with Crippen molar-refractivity contribution in [3.05, 3.63) is 108 Å². The van der Waals surface area contributed by atoms with Gasteiger partial charge in [-0.1, -0.05) is 84.9 Å². The lowest BCUT2D eigenvalue weighted by atomic mass is 10.00. The molecule has 0 radical (unpaired) electrons. The van der Waals surface area contributed by atoms with E-state index in [0.29, 0.717) is 0 Å². The molecule has 0 bridgehead atoms. The smallest absolute Gasteiger partial charge is 0.143 e. The number of nitrogens with zero attached hydrogens (tertiary/aromatic N) is 2. The van der Waals surface area contributed by atoms with Gasteiger partial charge in [-0.25, -0.2) is 0 Å². The Morgan fingerprint density at radius 2 is 1.00 bits per heavy atom. The Morgan fingerprint density at radius 3 is 1.47 bits per heavy atom. The van der Waals surface area contributed by atoms with Crippen LogP contribution >= 0.6 is 7.73 Å². The summed E-state index contributed by atoms with van der Waals surface area (Å²) >= 11 is 0. The van der Waals surface area contributed by atoms with E-state index in [-0.39, 0.29) is 12.1 Å². The summed E-state index contributed by atoms with van der Waals surface area (Å²) in [6, 6.07) is 29.5. The van der Waals surface area contributed by atoms with Gasteiger partial charge in [-0.15, -0.1) is 8.66 Å². The molecule has 5 aromatic rings. The van der Waals surface area contributed by atoms with Crippen LogP contribution in [0.1, 0.15) is 37.1 Å². The molecule has 0 saturated heterocycles. The summed E-state index contributed by atoms with van der Waals surface area (Å²) < 4.78 is 17.5. The van der Waals surface area contributed by atoms with Gasteiger partial charge in [0.25, 0.3) is 0 Å². The van der Waals surface area contributed by atoms with Crippen molar-refractivity contribution in [2.75, 3.05) is 0 Å². The maximum absolute atomic E-state index is 13.5. The first-order valence-corrected chi connectivity index (χ1v) is 11.5.